The molecule has 5 nitrogen and oxygen atoms in total. The van der Waals surface area contributed by atoms with Crippen LogP contribution in [0.15, 0.2) is 24.3 Å². The highest BCUT2D eigenvalue weighted by Crippen LogP contribution is 2.09. The van der Waals surface area contributed by atoms with Gasteiger partial charge in [0, 0.05) is 26.6 Å². The highest BCUT2D eigenvalue weighted by molar-refractivity contribution is 7.88. The second-order valence-electron chi connectivity index (χ2n) is 4.21. The van der Waals surface area contributed by atoms with Gasteiger partial charge in [0.05, 0.1) is 6.26 Å². The summed E-state index contributed by atoms with van der Waals surface area (Å²) in [4.78, 5) is 10.7. The van der Waals surface area contributed by atoms with E-state index in [1.807, 2.05) is 0 Å². The first kappa shape index (κ1) is 15.6. The Labute approximate surface area is 112 Å². The molecule has 0 aliphatic heterocycles. The molecule has 0 radical (unpaired) electrons. The predicted molar refractivity (Wildman–Crippen MR) is 70.3 cm³/mol. The Morgan fingerprint density at radius 1 is 1.32 bits per heavy atom. The predicted octanol–water partition coefficient (Wildman–Crippen LogP) is 0.723. The lowest BCUT2D eigenvalue weighted by molar-refractivity contribution is -0.118. The summed E-state index contributed by atoms with van der Waals surface area (Å²) in [5.41, 5.74) is 0.689. The molecule has 0 fully saturated rings. The summed E-state index contributed by atoms with van der Waals surface area (Å²) in [6.45, 7) is 1.93. The molecule has 0 bridgehead atoms. The van der Waals surface area contributed by atoms with Crippen molar-refractivity contribution in [1.29, 1.82) is 0 Å². The van der Waals surface area contributed by atoms with E-state index in [1.54, 1.807) is 0 Å². The summed E-state index contributed by atoms with van der Waals surface area (Å²) in [5, 5.41) is 2.54. The number of carbonyl (C=O) groups is 1. The molecule has 7 heteroatoms. The summed E-state index contributed by atoms with van der Waals surface area (Å²) in [7, 11) is -3.38. The molecule has 0 saturated carbocycles. The van der Waals surface area contributed by atoms with Gasteiger partial charge in [0.25, 0.3) is 0 Å². The van der Waals surface area contributed by atoms with Crippen molar-refractivity contribution in [3.05, 3.63) is 35.6 Å². The minimum absolute atomic E-state index is 0.151. The molecule has 0 aliphatic carbocycles. The Hall–Kier alpha value is -1.47. The van der Waals surface area contributed by atoms with Crippen LogP contribution in [-0.2, 0) is 21.4 Å². The van der Waals surface area contributed by atoms with Gasteiger partial charge in [-0.25, -0.2) is 12.8 Å². The Kier molecular flexibility index (Phi) is 5.44. The third-order valence-electron chi connectivity index (χ3n) is 2.48. The molecule has 0 saturated heterocycles. The number of benzene rings is 1. The van der Waals surface area contributed by atoms with E-state index in [0.29, 0.717) is 5.56 Å². The van der Waals surface area contributed by atoms with Crippen LogP contribution in [-0.4, -0.2) is 38.0 Å². The number of hydrogen-bond donors (Lipinski definition) is 1. The van der Waals surface area contributed by atoms with E-state index in [0.717, 1.165) is 6.26 Å². The molecule has 0 spiro atoms. The zero-order valence-electron chi connectivity index (χ0n) is 10.9. The van der Waals surface area contributed by atoms with Crippen LogP contribution in [0.25, 0.3) is 0 Å². The number of hydrogen-bond acceptors (Lipinski definition) is 3. The highest BCUT2D eigenvalue weighted by atomic mass is 32.2. The molecule has 0 heterocycles. The Bertz CT molecular complexity index is 528. The van der Waals surface area contributed by atoms with E-state index in [4.69, 9.17) is 0 Å². The van der Waals surface area contributed by atoms with Crippen LogP contribution in [0.3, 0.4) is 0 Å². The second-order valence-corrected chi connectivity index (χ2v) is 6.19. The number of carbonyl (C=O) groups excluding carboxylic acids is 1. The van der Waals surface area contributed by atoms with Crippen LogP contribution in [0, 0.1) is 5.82 Å². The lowest BCUT2D eigenvalue weighted by atomic mass is 10.2. The fraction of sp³-hybridized carbons (Fsp3) is 0.417. The fourth-order valence-electron chi connectivity index (χ4n) is 1.51. The number of sulfonamides is 1. The van der Waals surface area contributed by atoms with Crippen molar-refractivity contribution >= 4 is 15.9 Å². The van der Waals surface area contributed by atoms with Crippen molar-refractivity contribution in [2.24, 2.45) is 0 Å². The average molecular weight is 288 g/mol. The van der Waals surface area contributed by atoms with Crippen LogP contribution in [0.4, 0.5) is 4.39 Å². The maximum atomic E-state index is 12.8. The SMILES string of the molecule is CC(=O)NCCN(Cc1ccc(F)cc1)S(C)(=O)=O. The molecule has 1 N–H and O–H groups in total. The molecule has 0 atom stereocenters. The lowest BCUT2D eigenvalue weighted by Gasteiger charge is -2.20. The first-order chi connectivity index (χ1) is 8.79. The topological polar surface area (TPSA) is 66.5 Å². The van der Waals surface area contributed by atoms with Crippen LogP contribution in [0.2, 0.25) is 0 Å². The summed E-state index contributed by atoms with van der Waals surface area (Å²) in [6.07, 6.45) is 1.10. The van der Waals surface area contributed by atoms with Gasteiger partial charge in [0.1, 0.15) is 5.82 Å². The number of nitrogens with one attached hydrogen (secondary N) is 1. The number of halogens is 1. The zero-order chi connectivity index (χ0) is 14.5. The van der Waals surface area contributed by atoms with E-state index in [1.165, 1.54) is 35.5 Å². The van der Waals surface area contributed by atoms with Crippen molar-refractivity contribution in [3.8, 4) is 0 Å². The van der Waals surface area contributed by atoms with Gasteiger partial charge in [-0.15, -0.1) is 0 Å². The third kappa shape index (κ3) is 5.80. The molecule has 0 unspecified atom stereocenters. The molecule has 1 aromatic rings. The standard InChI is InChI=1S/C12H17FN2O3S/c1-10(16)14-7-8-15(19(2,17)18)9-11-3-5-12(13)6-4-11/h3-6H,7-9H2,1-2H3,(H,14,16). The van der Waals surface area contributed by atoms with Gasteiger partial charge in [-0.1, -0.05) is 12.1 Å². The van der Waals surface area contributed by atoms with Gasteiger partial charge in [0.15, 0.2) is 0 Å². The van der Waals surface area contributed by atoms with Crippen molar-refractivity contribution in [2.75, 3.05) is 19.3 Å². The van der Waals surface area contributed by atoms with E-state index in [9.17, 15) is 17.6 Å². The largest absolute Gasteiger partial charge is 0.355 e. The molecule has 0 aliphatic rings. The summed E-state index contributed by atoms with van der Waals surface area (Å²) < 4.78 is 37.2. The van der Waals surface area contributed by atoms with E-state index in [2.05, 4.69) is 5.32 Å². The van der Waals surface area contributed by atoms with Crippen molar-refractivity contribution < 1.29 is 17.6 Å². The quantitative estimate of drug-likeness (QED) is 0.839. The van der Waals surface area contributed by atoms with Crippen LogP contribution < -0.4 is 5.32 Å². The maximum Gasteiger partial charge on any atom is 0.216 e. The fourth-order valence-corrected chi connectivity index (χ4v) is 2.32. The summed E-state index contributed by atoms with van der Waals surface area (Å²) >= 11 is 0. The normalized spacial score (nSPS) is 11.6. The molecule has 1 amide bonds. The van der Waals surface area contributed by atoms with Gasteiger partial charge >= 0.3 is 0 Å². The lowest BCUT2D eigenvalue weighted by Crippen LogP contribution is -2.37. The Morgan fingerprint density at radius 3 is 2.37 bits per heavy atom. The first-order valence-corrected chi connectivity index (χ1v) is 7.58. The highest BCUT2D eigenvalue weighted by Gasteiger charge is 2.16. The van der Waals surface area contributed by atoms with Gasteiger partial charge < -0.3 is 5.32 Å². The molecule has 106 valence electrons. The molecule has 19 heavy (non-hydrogen) atoms. The van der Waals surface area contributed by atoms with Crippen LogP contribution >= 0.6 is 0 Å². The summed E-state index contributed by atoms with van der Waals surface area (Å²) in [5.74, 6) is -0.580. The molecule has 0 aromatic heterocycles. The molecule has 1 aromatic carbocycles. The van der Waals surface area contributed by atoms with Gasteiger partial charge in [-0.2, -0.15) is 4.31 Å². The number of nitrogens with zero attached hydrogens (tertiary/aromatic N) is 1. The summed E-state index contributed by atoms with van der Waals surface area (Å²) in [6, 6.07) is 5.63. The number of rotatable bonds is 6. The monoisotopic (exact) mass is 288 g/mol. The number of amides is 1. The minimum atomic E-state index is -3.38. The second kappa shape index (κ2) is 6.63. The van der Waals surface area contributed by atoms with Crippen molar-refractivity contribution in [3.63, 3.8) is 0 Å². The van der Waals surface area contributed by atoms with Crippen molar-refractivity contribution in [1.82, 2.24) is 9.62 Å². The minimum Gasteiger partial charge on any atom is -0.355 e. The smallest absolute Gasteiger partial charge is 0.216 e. The molecule has 1 rings (SSSR count). The van der Waals surface area contributed by atoms with E-state index >= 15 is 0 Å². The van der Waals surface area contributed by atoms with Crippen LogP contribution in [0.1, 0.15) is 12.5 Å². The molecular formula is C12H17FN2O3S. The zero-order valence-corrected chi connectivity index (χ0v) is 11.7. The maximum absolute atomic E-state index is 12.8. The van der Waals surface area contributed by atoms with Gasteiger partial charge in [-0.3, -0.25) is 4.79 Å². The van der Waals surface area contributed by atoms with E-state index in [-0.39, 0.29) is 31.4 Å². The average Bonchev–Trinajstić information content (AvgIpc) is 2.28. The van der Waals surface area contributed by atoms with Crippen molar-refractivity contribution in [2.45, 2.75) is 13.5 Å². The Morgan fingerprint density at radius 2 is 1.89 bits per heavy atom. The Balaban J connectivity index is 2.70. The third-order valence-corrected chi connectivity index (χ3v) is 3.73. The van der Waals surface area contributed by atoms with E-state index < -0.39 is 10.0 Å². The van der Waals surface area contributed by atoms with Crippen LogP contribution in [0.5, 0.6) is 0 Å². The van der Waals surface area contributed by atoms with Gasteiger partial charge in [-0.05, 0) is 17.7 Å². The molecular weight excluding hydrogens is 271 g/mol. The first-order valence-electron chi connectivity index (χ1n) is 5.73. The van der Waals surface area contributed by atoms with Gasteiger partial charge in [0.2, 0.25) is 15.9 Å².